The zero-order valence-corrected chi connectivity index (χ0v) is 28.3. The molecule has 0 radical (unpaired) electrons. The molecule has 0 aliphatic carbocycles. The van der Waals surface area contributed by atoms with Crippen molar-refractivity contribution in [1.82, 2.24) is 0 Å². The Kier molecular flexibility index (Phi) is 9.06. The summed E-state index contributed by atoms with van der Waals surface area (Å²) in [7, 11) is 0. The van der Waals surface area contributed by atoms with E-state index < -0.39 is 11.9 Å². The first-order valence-corrected chi connectivity index (χ1v) is 16.4. The molecule has 1 aliphatic heterocycles. The topological polar surface area (TPSA) is 71.1 Å². The minimum Gasteiger partial charge on any atom is -0.456 e. The molecule has 0 saturated heterocycles. The monoisotopic (exact) mass is 670 g/mol. The van der Waals surface area contributed by atoms with Crippen LogP contribution in [-0.4, -0.2) is 18.7 Å². The maximum Gasteiger partial charge on any atom is 0.338 e. The van der Waals surface area contributed by atoms with Gasteiger partial charge in [0.15, 0.2) is 0 Å². The van der Waals surface area contributed by atoms with Crippen molar-refractivity contribution in [2.45, 2.75) is 13.8 Å². The van der Waals surface area contributed by atoms with Gasteiger partial charge in [-0.05, 0) is 82.9 Å². The van der Waals surface area contributed by atoms with Crippen LogP contribution in [-0.2, 0) is 9.59 Å². The van der Waals surface area contributed by atoms with Crippen LogP contribution in [0.5, 0.6) is 23.0 Å². The molecule has 1 heterocycles. The molecule has 6 aromatic carbocycles. The first kappa shape index (κ1) is 32.9. The van der Waals surface area contributed by atoms with Gasteiger partial charge in [-0.25, -0.2) is 9.59 Å². The number of hydrogen-bond acceptors (Lipinski definition) is 6. The average molecular weight is 671 g/mol. The van der Waals surface area contributed by atoms with Gasteiger partial charge in [0.2, 0.25) is 6.79 Å². The number of carbonyl (C=O) groups is 2. The first-order valence-electron chi connectivity index (χ1n) is 16.4. The van der Waals surface area contributed by atoms with Gasteiger partial charge in [0.25, 0.3) is 0 Å². The van der Waals surface area contributed by atoms with Gasteiger partial charge in [0.05, 0.1) is 0 Å². The Labute approximate surface area is 296 Å². The molecule has 250 valence electrons. The minimum atomic E-state index is -0.458. The normalized spacial score (nSPS) is 12.1. The molecule has 0 unspecified atom stereocenters. The third-order valence-corrected chi connectivity index (χ3v) is 8.51. The van der Waals surface area contributed by atoms with E-state index in [4.69, 9.17) is 18.9 Å². The van der Waals surface area contributed by atoms with Crippen LogP contribution in [0.3, 0.4) is 0 Å². The van der Waals surface area contributed by atoms with Crippen molar-refractivity contribution in [2.75, 3.05) is 6.79 Å². The Morgan fingerprint density at radius 1 is 0.569 bits per heavy atom. The Balaban J connectivity index is 1.31. The van der Waals surface area contributed by atoms with Gasteiger partial charge in [-0.2, -0.15) is 0 Å². The van der Waals surface area contributed by atoms with Crippen LogP contribution in [0.4, 0.5) is 0 Å². The van der Waals surface area contributed by atoms with Crippen LogP contribution in [0.15, 0.2) is 133 Å². The summed E-state index contributed by atoms with van der Waals surface area (Å²) in [6, 6.07) is 35.4. The number of esters is 2. The fraction of sp³-hybridized carbons (Fsp3) is 0.0667. The van der Waals surface area contributed by atoms with E-state index in [9.17, 15) is 9.59 Å². The highest BCUT2D eigenvalue weighted by Crippen LogP contribution is 2.50. The summed E-state index contributed by atoms with van der Waals surface area (Å²) < 4.78 is 23.6. The smallest absolute Gasteiger partial charge is 0.338 e. The van der Waals surface area contributed by atoms with E-state index in [1.54, 1.807) is 38.1 Å². The van der Waals surface area contributed by atoms with Crippen LogP contribution >= 0.6 is 0 Å². The molecule has 0 saturated carbocycles. The van der Waals surface area contributed by atoms with E-state index in [1.165, 1.54) is 0 Å². The quantitative estimate of drug-likeness (QED) is 0.0695. The zero-order valence-electron chi connectivity index (χ0n) is 28.3. The van der Waals surface area contributed by atoms with Crippen molar-refractivity contribution < 1.29 is 28.5 Å². The molecule has 0 aromatic heterocycles. The van der Waals surface area contributed by atoms with Crippen molar-refractivity contribution >= 4 is 57.8 Å². The molecule has 0 spiro atoms. The van der Waals surface area contributed by atoms with Crippen LogP contribution in [0, 0.1) is 0 Å². The van der Waals surface area contributed by atoms with Crippen molar-refractivity contribution in [3.8, 4) is 34.1 Å². The van der Waals surface area contributed by atoms with E-state index in [1.807, 2.05) is 72.8 Å². The Bertz CT molecular complexity index is 2240. The Morgan fingerprint density at radius 2 is 0.961 bits per heavy atom. The summed E-state index contributed by atoms with van der Waals surface area (Å²) in [5, 5.41) is 4.22. The molecule has 0 N–H and O–H groups in total. The maximum atomic E-state index is 11.9. The lowest BCUT2D eigenvalue weighted by Crippen LogP contribution is -2.07. The van der Waals surface area contributed by atoms with Gasteiger partial charge < -0.3 is 18.9 Å². The van der Waals surface area contributed by atoms with E-state index in [0.717, 1.165) is 66.4 Å². The highest BCUT2D eigenvalue weighted by atomic mass is 16.7. The molecule has 51 heavy (non-hydrogen) atoms. The van der Waals surface area contributed by atoms with Crippen LogP contribution < -0.4 is 18.9 Å². The second kappa shape index (κ2) is 14.1. The number of carbonyl (C=O) groups excluding carboxylic acids is 2. The van der Waals surface area contributed by atoms with Gasteiger partial charge in [-0.3, -0.25) is 0 Å². The molecular formula is C45H34O6. The molecule has 0 atom stereocenters. The molecular weight excluding hydrogens is 636 g/mol. The number of rotatable bonds is 8. The fourth-order valence-corrected chi connectivity index (χ4v) is 5.96. The largest absolute Gasteiger partial charge is 0.456 e. The van der Waals surface area contributed by atoms with Crippen LogP contribution in [0.1, 0.15) is 36.1 Å². The summed E-state index contributed by atoms with van der Waals surface area (Å²) in [5.41, 5.74) is 6.25. The standard InChI is InChI=1S/C45H34O6/c1-28(2)44(46)50-36-21-15-30(16-22-36)13-19-34-25-32-9-5-7-11-38(32)40-41-39-12-8-6-10-33(39)26-35(43(41)49-27-48-42(34)40)20-14-31-17-23-37(24-18-31)51-45(47)29(3)4/h5-26H,1,3,27H2,2,4H3/b19-13+,20-14+. The molecule has 6 nitrogen and oxygen atoms in total. The summed E-state index contributed by atoms with van der Waals surface area (Å²) >= 11 is 0. The maximum absolute atomic E-state index is 11.9. The Hall–Kier alpha value is -6.66. The van der Waals surface area contributed by atoms with Crippen LogP contribution in [0.25, 0.3) is 57.0 Å². The number of ether oxygens (including phenoxy) is 4. The van der Waals surface area contributed by atoms with E-state index >= 15 is 0 Å². The molecule has 6 aromatic rings. The van der Waals surface area contributed by atoms with Gasteiger partial charge in [0.1, 0.15) is 23.0 Å². The van der Waals surface area contributed by atoms with E-state index in [2.05, 4.69) is 49.6 Å². The molecule has 1 aliphatic rings. The Morgan fingerprint density at radius 3 is 1.35 bits per heavy atom. The van der Waals surface area contributed by atoms with Crippen molar-refractivity contribution in [1.29, 1.82) is 0 Å². The van der Waals surface area contributed by atoms with Crippen molar-refractivity contribution in [3.63, 3.8) is 0 Å². The van der Waals surface area contributed by atoms with Gasteiger partial charge in [-0.1, -0.05) is 110 Å². The summed E-state index contributed by atoms with van der Waals surface area (Å²) in [5.74, 6) is 1.44. The molecule has 0 amide bonds. The molecule has 0 fully saturated rings. The predicted octanol–water partition coefficient (Wildman–Crippen LogP) is 10.7. The fourth-order valence-electron chi connectivity index (χ4n) is 5.96. The highest BCUT2D eigenvalue weighted by molar-refractivity contribution is 6.12. The lowest BCUT2D eigenvalue weighted by Gasteiger charge is -2.17. The van der Waals surface area contributed by atoms with Gasteiger partial charge >= 0.3 is 11.9 Å². The minimum absolute atomic E-state index is 0.0178. The summed E-state index contributed by atoms with van der Waals surface area (Å²) in [6.07, 6.45) is 8.09. The third-order valence-electron chi connectivity index (χ3n) is 8.51. The lowest BCUT2D eigenvalue weighted by molar-refractivity contribution is -0.130. The van der Waals surface area contributed by atoms with E-state index in [0.29, 0.717) is 22.6 Å². The average Bonchev–Trinajstić information content (AvgIpc) is 3.35. The highest BCUT2D eigenvalue weighted by Gasteiger charge is 2.26. The first-order chi connectivity index (χ1) is 24.7. The lowest BCUT2D eigenvalue weighted by atomic mass is 9.88. The number of fused-ring (bicyclic) bond motifs is 7. The van der Waals surface area contributed by atoms with Gasteiger partial charge in [-0.15, -0.1) is 0 Å². The van der Waals surface area contributed by atoms with Gasteiger partial charge in [0, 0.05) is 33.4 Å². The molecule has 7 rings (SSSR count). The van der Waals surface area contributed by atoms with Crippen LogP contribution in [0.2, 0.25) is 0 Å². The molecule has 6 heteroatoms. The summed E-state index contributed by atoms with van der Waals surface area (Å²) in [6.45, 7) is 10.5. The van der Waals surface area contributed by atoms with E-state index in [-0.39, 0.29) is 6.79 Å². The molecule has 0 bridgehead atoms. The zero-order chi connectivity index (χ0) is 35.5. The predicted molar refractivity (Wildman–Crippen MR) is 205 cm³/mol. The second-order valence-corrected chi connectivity index (χ2v) is 12.3. The third kappa shape index (κ3) is 6.94. The number of hydrogen-bond donors (Lipinski definition) is 0. The van der Waals surface area contributed by atoms with Crippen molar-refractivity contribution in [3.05, 3.63) is 156 Å². The summed E-state index contributed by atoms with van der Waals surface area (Å²) in [4.78, 5) is 23.9. The van der Waals surface area contributed by atoms with Crippen molar-refractivity contribution in [2.24, 2.45) is 0 Å². The second-order valence-electron chi connectivity index (χ2n) is 12.3. The SMILES string of the molecule is C=C(C)C(=O)Oc1ccc(/C=C/c2cc3ccccc3c3c2OCOc2c(/C=C/c4ccc(OC(=O)C(=C)C)cc4)cc4ccccc4c2-3)cc1. The number of benzene rings is 6.